The Labute approximate surface area is 195 Å². The number of hydrogen-bond acceptors (Lipinski definition) is 6. The maximum absolute atomic E-state index is 13.5. The number of amides is 2. The zero-order chi connectivity index (χ0) is 23.4. The van der Waals surface area contributed by atoms with Crippen LogP contribution in [0.5, 0.6) is 5.75 Å². The van der Waals surface area contributed by atoms with Gasteiger partial charge in [0.15, 0.2) is 0 Å². The molecule has 0 aliphatic carbocycles. The largest absolute Gasteiger partial charge is 0.495 e. The van der Waals surface area contributed by atoms with Gasteiger partial charge in [0.2, 0.25) is 5.91 Å². The van der Waals surface area contributed by atoms with E-state index in [0.29, 0.717) is 28.3 Å². The van der Waals surface area contributed by atoms with Gasteiger partial charge in [-0.1, -0.05) is 36.0 Å². The van der Waals surface area contributed by atoms with Gasteiger partial charge in [-0.3, -0.25) is 14.5 Å². The Morgan fingerprint density at radius 3 is 2.55 bits per heavy atom. The molecule has 0 saturated carbocycles. The van der Waals surface area contributed by atoms with Gasteiger partial charge in [-0.25, -0.2) is 4.79 Å². The van der Waals surface area contributed by atoms with Crippen LogP contribution < -0.4 is 15.0 Å². The van der Waals surface area contributed by atoms with Gasteiger partial charge >= 0.3 is 5.97 Å². The van der Waals surface area contributed by atoms with E-state index >= 15 is 0 Å². The highest BCUT2D eigenvalue weighted by Crippen LogP contribution is 2.41. The van der Waals surface area contributed by atoms with Gasteiger partial charge in [0.1, 0.15) is 12.3 Å². The zero-order valence-electron chi connectivity index (χ0n) is 18.2. The van der Waals surface area contributed by atoms with Crippen LogP contribution in [0, 0.1) is 0 Å². The summed E-state index contributed by atoms with van der Waals surface area (Å²) in [4.78, 5) is 41.8. The van der Waals surface area contributed by atoms with Gasteiger partial charge < -0.3 is 14.8 Å². The number of methoxy groups -OCH3 is 1. The summed E-state index contributed by atoms with van der Waals surface area (Å²) in [6.45, 7) is 1.72. The summed E-state index contributed by atoms with van der Waals surface area (Å²) in [5, 5.41) is 2.81. The number of benzene rings is 3. The van der Waals surface area contributed by atoms with Gasteiger partial charge in [-0.05, 0) is 49.4 Å². The lowest BCUT2D eigenvalue weighted by atomic mass is 10.1. The lowest BCUT2D eigenvalue weighted by Gasteiger charge is -2.23. The Hall–Kier alpha value is -3.78. The third-order valence-electron chi connectivity index (χ3n) is 5.03. The number of rotatable bonds is 6. The molecule has 4 rings (SSSR count). The number of esters is 1. The fourth-order valence-electron chi connectivity index (χ4n) is 3.50. The molecule has 0 saturated heterocycles. The van der Waals surface area contributed by atoms with E-state index in [9.17, 15) is 14.4 Å². The Morgan fingerprint density at radius 2 is 1.76 bits per heavy atom. The fraction of sp³-hybridized carbons (Fsp3) is 0.160. The van der Waals surface area contributed by atoms with E-state index in [-0.39, 0.29) is 19.1 Å². The van der Waals surface area contributed by atoms with E-state index < -0.39 is 11.9 Å². The molecule has 3 aromatic rings. The van der Waals surface area contributed by atoms with E-state index in [2.05, 4.69) is 5.32 Å². The Morgan fingerprint density at radius 1 is 1.00 bits per heavy atom. The molecule has 0 atom stereocenters. The number of hydrogen-bond donors (Lipinski definition) is 1. The Kier molecular flexibility index (Phi) is 6.65. The Balaban J connectivity index is 1.72. The molecule has 8 heteroatoms. The van der Waals surface area contributed by atoms with Crippen LogP contribution in [0.25, 0.3) is 0 Å². The number of carbonyl (C=O) groups excluding carboxylic acids is 3. The maximum Gasteiger partial charge on any atom is 0.338 e. The number of para-hydroxylation sites is 2. The highest BCUT2D eigenvalue weighted by atomic mass is 32.2. The second-order valence-electron chi connectivity index (χ2n) is 7.14. The first-order valence-electron chi connectivity index (χ1n) is 10.3. The molecule has 0 aromatic heterocycles. The van der Waals surface area contributed by atoms with Crippen molar-refractivity contribution in [1.29, 1.82) is 0 Å². The molecule has 168 valence electrons. The molecule has 33 heavy (non-hydrogen) atoms. The first-order valence-corrected chi connectivity index (χ1v) is 11.2. The first-order chi connectivity index (χ1) is 16.0. The molecule has 0 radical (unpaired) electrons. The predicted molar refractivity (Wildman–Crippen MR) is 126 cm³/mol. The normalized spacial score (nSPS) is 12.3. The summed E-state index contributed by atoms with van der Waals surface area (Å²) in [5.41, 5.74) is 1.77. The number of nitrogens with zero attached hydrogens (tertiary/aromatic N) is 1. The summed E-state index contributed by atoms with van der Waals surface area (Å²) in [6, 6.07) is 19.3. The van der Waals surface area contributed by atoms with Crippen LogP contribution in [0.2, 0.25) is 0 Å². The summed E-state index contributed by atoms with van der Waals surface area (Å²) >= 11 is 1.42. The monoisotopic (exact) mass is 462 g/mol. The molecule has 1 N–H and O–H groups in total. The second-order valence-corrected chi connectivity index (χ2v) is 8.22. The molecule has 1 aliphatic heterocycles. The van der Waals surface area contributed by atoms with Gasteiger partial charge in [0.05, 0.1) is 36.2 Å². The van der Waals surface area contributed by atoms with Crippen LogP contribution in [-0.4, -0.2) is 38.0 Å². The lowest BCUT2D eigenvalue weighted by Crippen LogP contribution is -2.38. The minimum Gasteiger partial charge on any atom is -0.495 e. The third-order valence-corrected chi connectivity index (χ3v) is 6.17. The van der Waals surface area contributed by atoms with E-state index in [4.69, 9.17) is 9.47 Å². The Bertz CT molecular complexity index is 1230. The topological polar surface area (TPSA) is 84.9 Å². The van der Waals surface area contributed by atoms with Crippen LogP contribution >= 0.6 is 11.8 Å². The standard InChI is InChI=1S/C25H22N2O5S/c1-3-32-25(30)16-12-13-22-19(14-16)27(24(29)17-8-4-7-11-21(17)33-22)15-23(28)26-18-9-5-6-10-20(18)31-2/h4-14H,3,15H2,1-2H3,(H,26,28). The van der Waals surface area contributed by atoms with Gasteiger partial charge in [-0.2, -0.15) is 0 Å². The SMILES string of the molecule is CCOC(=O)c1ccc2c(c1)N(CC(=O)Nc1ccccc1OC)C(=O)c1ccccc1S2. The molecule has 0 fully saturated rings. The number of nitrogens with one attached hydrogen (secondary N) is 1. The van der Waals surface area contributed by atoms with E-state index in [1.54, 1.807) is 61.5 Å². The molecule has 7 nitrogen and oxygen atoms in total. The van der Waals surface area contributed by atoms with Crippen LogP contribution in [0.15, 0.2) is 76.5 Å². The minimum atomic E-state index is -0.488. The molecule has 0 unspecified atom stereocenters. The summed E-state index contributed by atoms with van der Waals surface area (Å²) in [7, 11) is 1.52. The molecule has 2 amide bonds. The van der Waals surface area contributed by atoms with Gasteiger partial charge in [0.25, 0.3) is 5.91 Å². The first kappa shape index (κ1) is 22.4. The smallest absolute Gasteiger partial charge is 0.338 e. The average Bonchev–Trinajstić information content (AvgIpc) is 2.94. The molecular weight excluding hydrogens is 440 g/mol. The van der Waals surface area contributed by atoms with E-state index in [1.165, 1.54) is 23.8 Å². The number of fused-ring (bicyclic) bond motifs is 2. The van der Waals surface area contributed by atoms with Crippen molar-refractivity contribution >= 4 is 40.9 Å². The van der Waals surface area contributed by atoms with Crippen molar-refractivity contribution in [3.05, 3.63) is 77.9 Å². The molecule has 1 heterocycles. The molecular formula is C25H22N2O5S. The predicted octanol–water partition coefficient (Wildman–Crippen LogP) is 4.62. The highest BCUT2D eigenvalue weighted by molar-refractivity contribution is 7.99. The summed E-state index contributed by atoms with van der Waals surface area (Å²) in [6.07, 6.45) is 0. The van der Waals surface area contributed by atoms with Crippen molar-refractivity contribution < 1.29 is 23.9 Å². The molecule has 1 aliphatic rings. The van der Waals surface area contributed by atoms with Crippen molar-refractivity contribution in [1.82, 2.24) is 0 Å². The summed E-state index contributed by atoms with van der Waals surface area (Å²) in [5.74, 6) is -0.699. The maximum atomic E-state index is 13.5. The highest BCUT2D eigenvalue weighted by Gasteiger charge is 2.30. The minimum absolute atomic E-state index is 0.236. The second kappa shape index (κ2) is 9.79. The molecule has 0 spiro atoms. The summed E-state index contributed by atoms with van der Waals surface area (Å²) < 4.78 is 10.4. The van der Waals surface area contributed by atoms with Gasteiger partial charge in [0, 0.05) is 9.79 Å². The zero-order valence-corrected chi connectivity index (χ0v) is 19.0. The van der Waals surface area contributed by atoms with Crippen molar-refractivity contribution in [3.8, 4) is 5.75 Å². The molecule has 0 bridgehead atoms. The number of ether oxygens (including phenoxy) is 2. The number of carbonyl (C=O) groups is 3. The van der Waals surface area contributed by atoms with Crippen LogP contribution in [-0.2, 0) is 9.53 Å². The van der Waals surface area contributed by atoms with Gasteiger partial charge in [-0.15, -0.1) is 0 Å². The van der Waals surface area contributed by atoms with Crippen molar-refractivity contribution in [3.63, 3.8) is 0 Å². The van der Waals surface area contributed by atoms with Crippen molar-refractivity contribution in [2.75, 3.05) is 30.5 Å². The fourth-order valence-corrected chi connectivity index (χ4v) is 4.56. The van der Waals surface area contributed by atoms with Crippen molar-refractivity contribution in [2.45, 2.75) is 16.7 Å². The lowest BCUT2D eigenvalue weighted by molar-refractivity contribution is -0.114. The quantitative estimate of drug-likeness (QED) is 0.538. The molecule has 3 aromatic carbocycles. The average molecular weight is 463 g/mol. The van der Waals surface area contributed by atoms with Crippen LogP contribution in [0.4, 0.5) is 11.4 Å². The number of anilines is 2. The van der Waals surface area contributed by atoms with E-state index in [1.807, 2.05) is 12.1 Å². The van der Waals surface area contributed by atoms with Crippen LogP contribution in [0.3, 0.4) is 0 Å². The van der Waals surface area contributed by atoms with Crippen molar-refractivity contribution in [2.24, 2.45) is 0 Å². The van der Waals surface area contributed by atoms with E-state index in [0.717, 1.165) is 9.79 Å². The third kappa shape index (κ3) is 4.70. The van der Waals surface area contributed by atoms with Crippen LogP contribution in [0.1, 0.15) is 27.6 Å².